The van der Waals surface area contributed by atoms with Crippen molar-refractivity contribution < 1.29 is 9.59 Å². The van der Waals surface area contributed by atoms with Crippen LogP contribution in [0.5, 0.6) is 0 Å². The van der Waals surface area contributed by atoms with Gasteiger partial charge in [0.2, 0.25) is 11.8 Å². The van der Waals surface area contributed by atoms with Crippen LogP contribution in [0.1, 0.15) is 12.8 Å². The molecule has 3 aliphatic rings. The maximum Gasteiger partial charge on any atom is 0.243 e. The molecule has 3 fully saturated rings. The zero-order chi connectivity index (χ0) is 9.87. The first-order valence-electron chi connectivity index (χ1n) is 4.94. The highest BCUT2D eigenvalue weighted by Crippen LogP contribution is 2.43. The Morgan fingerprint density at radius 1 is 1.29 bits per heavy atom. The molecule has 2 heterocycles. The number of carbonyl (C=O) groups is 2. The Balaban J connectivity index is 1.92. The third kappa shape index (κ3) is 0.995. The summed E-state index contributed by atoms with van der Waals surface area (Å²) in [6.07, 6.45) is 1.97. The largest absolute Gasteiger partial charge is 0.326 e. The molecule has 76 valence electrons. The molecule has 1 aliphatic carbocycles. The summed E-state index contributed by atoms with van der Waals surface area (Å²) in [6, 6.07) is 0.0820. The number of nitrogens with two attached hydrogens (primary N) is 1. The fourth-order valence-electron chi connectivity index (χ4n) is 2.28. The lowest BCUT2D eigenvalue weighted by molar-refractivity contribution is -0.140. The van der Waals surface area contributed by atoms with Gasteiger partial charge in [-0.25, -0.2) is 0 Å². The van der Waals surface area contributed by atoms with E-state index in [4.69, 9.17) is 5.73 Å². The molecule has 0 aromatic rings. The van der Waals surface area contributed by atoms with Crippen molar-refractivity contribution in [2.24, 2.45) is 11.7 Å². The molecule has 2 amide bonds. The minimum atomic E-state index is -0.229. The van der Waals surface area contributed by atoms with Gasteiger partial charge >= 0.3 is 0 Å². The monoisotopic (exact) mass is 212 g/mol. The molecule has 3 rings (SSSR count). The molecule has 0 spiro atoms. The summed E-state index contributed by atoms with van der Waals surface area (Å²) in [7, 11) is 0. The topological polar surface area (TPSA) is 63.4 Å². The van der Waals surface area contributed by atoms with Crippen molar-refractivity contribution in [2.45, 2.75) is 30.2 Å². The second-order valence-electron chi connectivity index (χ2n) is 4.22. The van der Waals surface area contributed by atoms with E-state index < -0.39 is 0 Å². The van der Waals surface area contributed by atoms with Crippen molar-refractivity contribution >= 4 is 23.6 Å². The molecule has 2 saturated heterocycles. The summed E-state index contributed by atoms with van der Waals surface area (Å²) in [4.78, 5) is 25.2. The number of rotatable bonds is 1. The molecule has 3 unspecified atom stereocenters. The molecule has 3 atom stereocenters. The van der Waals surface area contributed by atoms with Gasteiger partial charge in [-0.05, 0) is 12.8 Å². The van der Waals surface area contributed by atoms with Gasteiger partial charge in [0.1, 0.15) is 0 Å². The number of hydrogen-bond donors (Lipinski definition) is 1. The highest BCUT2D eigenvalue weighted by Gasteiger charge is 2.57. The molecule has 5 heteroatoms. The molecule has 14 heavy (non-hydrogen) atoms. The van der Waals surface area contributed by atoms with Crippen molar-refractivity contribution in [3.05, 3.63) is 0 Å². The first-order chi connectivity index (χ1) is 6.70. The molecule has 4 nitrogen and oxygen atoms in total. The third-order valence-electron chi connectivity index (χ3n) is 3.17. The van der Waals surface area contributed by atoms with Crippen molar-refractivity contribution in [1.82, 2.24) is 4.90 Å². The van der Waals surface area contributed by atoms with Crippen molar-refractivity contribution in [3.63, 3.8) is 0 Å². The van der Waals surface area contributed by atoms with Gasteiger partial charge in [-0.1, -0.05) is 0 Å². The van der Waals surface area contributed by atoms with Crippen LogP contribution in [0.4, 0.5) is 0 Å². The summed E-state index contributed by atoms with van der Waals surface area (Å²) >= 11 is 1.54. The number of imide groups is 1. The second kappa shape index (κ2) is 2.73. The minimum absolute atomic E-state index is 0.0139. The average Bonchev–Trinajstić information content (AvgIpc) is 2.84. The maximum absolute atomic E-state index is 11.9. The number of nitrogens with zero attached hydrogens (tertiary/aromatic N) is 1. The number of thioether (sulfide) groups is 1. The predicted octanol–water partition coefficient (Wildman–Crippen LogP) is -0.424. The normalized spacial score (nSPS) is 42.1. The van der Waals surface area contributed by atoms with Crippen LogP contribution in [0.25, 0.3) is 0 Å². The molecule has 0 radical (unpaired) electrons. The SMILES string of the molecule is NC1CSC2C(=O)N(C3CC3)C(=O)C12. The summed E-state index contributed by atoms with van der Waals surface area (Å²) in [5, 5.41) is -0.168. The molecule has 0 aromatic carbocycles. The Labute approximate surface area is 86.2 Å². The summed E-state index contributed by atoms with van der Waals surface area (Å²) in [5.41, 5.74) is 5.83. The van der Waals surface area contributed by atoms with Crippen LogP contribution in [0.15, 0.2) is 0 Å². The van der Waals surface area contributed by atoms with Gasteiger partial charge in [-0.2, -0.15) is 0 Å². The van der Waals surface area contributed by atoms with Crippen LogP contribution in [0.3, 0.4) is 0 Å². The van der Waals surface area contributed by atoms with E-state index in [1.54, 1.807) is 11.8 Å². The quantitative estimate of drug-likeness (QED) is 0.599. The van der Waals surface area contributed by atoms with Crippen LogP contribution in [-0.4, -0.2) is 39.8 Å². The van der Waals surface area contributed by atoms with Gasteiger partial charge in [-0.15, -0.1) is 11.8 Å². The Hall–Kier alpha value is -0.550. The first-order valence-corrected chi connectivity index (χ1v) is 5.99. The average molecular weight is 212 g/mol. The maximum atomic E-state index is 11.9. The van der Waals surface area contributed by atoms with Gasteiger partial charge in [0.25, 0.3) is 0 Å². The van der Waals surface area contributed by atoms with Gasteiger partial charge in [0, 0.05) is 17.8 Å². The fraction of sp³-hybridized carbons (Fsp3) is 0.778. The van der Waals surface area contributed by atoms with E-state index >= 15 is 0 Å². The number of carbonyl (C=O) groups excluding carboxylic acids is 2. The third-order valence-corrected chi connectivity index (χ3v) is 4.60. The molecular weight excluding hydrogens is 200 g/mol. The second-order valence-corrected chi connectivity index (χ2v) is 5.40. The zero-order valence-electron chi connectivity index (χ0n) is 7.68. The van der Waals surface area contributed by atoms with Crippen molar-refractivity contribution in [3.8, 4) is 0 Å². The van der Waals surface area contributed by atoms with E-state index in [0.29, 0.717) is 0 Å². The van der Waals surface area contributed by atoms with Gasteiger partial charge in [-0.3, -0.25) is 14.5 Å². The number of amides is 2. The van der Waals surface area contributed by atoms with Gasteiger partial charge < -0.3 is 5.73 Å². The number of likely N-dealkylation sites (tertiary alicyclic amines) is 1. The van der Waals surface area contributed by atoms with E-state index in [-0.39, 0.29) is 35.1 Å². The standard InChI is InChI=1S/C9H12N2O2S/c10-5-3-14-7-6(5)8(12)11(9(7)13)4-1-2-4/h4-7H,1-3,10H2. The van der Waals surface area contributed by atoms with Crippen LogP contribution < -0.4 is 5.73 Å². The fourth-order valence-corrected chi connectivity index (χ4v) is 3.70. The molecule has 1 saturated carbocycles. The Morgan fingerprint density at radius 2 is 2.00 bits per heavy atom. The first kappa shape index (κ1) is 8.73. The van der Waals surface area contributed by atoms with Gasteiger partial charge in [0.05, 0.1) is 11.2 Å². The van der Waals surface area contributed by atoms with E-state index in [2.05, 4.69) is 0 Å². The number of fused-ring (bicyclic) bond motifs is 1. The van der Waals surface area contributed by atoms with E-state index in [1.807, 2.05) is 0 Å². The summed E-state index contributed by atoms with van der Waals surface area (Å²) < 4.78 is 0. The predicted molar refractivity (Wildman–Crippen MR) is 52.6 cm³/mol. The summed E-state index contributed by atoms with van der Waals surface area (Å²) in [5.74, 6) is 0.513. The lowest BCUT2D eigenvalue weighted by atomic mass is 10.0. The summed E-state index contributed by atoms with van der Waals surface area (Å²) in [6.45, 7) is 0. The smallest absolute Gasteiger partial charge is 0.243 e. The van der Waals surface area contributed by atoms with Crippen molar-refractivity contribution in [2.75, 3.05) is 5.75 Å². The lowest BCUT2D eigenvalue weighted by Crippen LogP contribution is -2.38. The van der Waals surface area contributed by atoms with E-state index in [0.717, 1.165) is 18.6 Å². The molecule has 0 bridgehead atoms. The van der Waals surface area contributed by atoms with Crippen LogP contribution in [-0.2, 0) is 9.59 Å². The van der Waals surface area contributed by atoms with E-state index in [1.165, 1.54) is 4.90 Å². The minimum Gasteiger partial charge on any atom is -0.326 e. The number of hydrogen-bond acceptors (Lipinski definition) is 4. The highest BCUT2D eigenvalue weighted by molar-refractivity contribution is 8.01. The van der Waals surface area contributed by atoms with Crippen molar-refractivity contribution in [1.29, 1.82) is 0 Å². The molecular formula is C9H12N2O2S. The molecule has 2 N–H and O–H groups in total. The lowest BCUT2D eigenvalue weighted by Gasteiger charge is -2.15. The Kier molecular flexibility index (Phi) is 1.70. The highest BCUT2D eigenvalue weighted by atomic mass is 32.2. The van der Waals surface area contributed by atoms with Crippen LogP contribution in [0.2, 0.25) is 0 Å². The van der Waals surface area contributed by atoms with Crippen LogP contribution in [0, 0.1) is 5.92 Å². The zero-order valence-corrected chi connectivity index (χ0v) is 8.50. The Bertz CT molecular complexity index is 316. The van der Waals surface area contributed by atoms with E-state index in [9.17, 15) is 9.59 Å². The van der Waals surface area contributed by atoms with Crippen LogP contribution >= 0.6 is 11.8 Å². The molecule has 2 aliphatic heterocycles. The Morgan fingerprint density at radius 3 is 2.57 bits per heavy atom. The molecule has 0 aromatic heterocycles. The van der Waals surface area contributed by atoms with Gasteiger partial charge in [0.15, 0.2) is 0 Å².